The van der Waals surface area contributed by atoms with Gasteiger partial charge < -0.3 is 19.4 Å². The molecule has 128 valence electrons. The lowest BCUT2D eigenvalue weighted by Gasteiger charge is -2.35. The maximum Gasteiger partial charge on any atom is 0.322 e. The first kappa shape index (κ1) is 16.9. The first-order valence-corrected chi connectivity index (χ1v) is 9.05. The van der Waals surface area contributed by atoms with Gasteiger partial charge in [-0.05, 0) is 50.2 Å². The molecule has 1 N–H and O–H groups in total. The molecule has 1 aliphatic rings. The van der Waals surface area contributed by atoms with Gasteiger partial charge in [0.15, 0.2) is 0 Å². The molecular weight excluding hydrogens is 324 g/mol. The number of furan rings is 1. The van der Waals surface area contributed by atoms with E-state index in [1.807, 2.05) is 50.2 Å². The fraction of sp³-hybridized carbons (Fsp3) is 0.389. The van der Waals surface area contributed by atoms with Gasteiger partial charge in [-0.1, -0.05) is 0 Å². The van der Waals surface area contributed by atoms with Crippen LogP contribution in [0.15, 0.2) is 52.0 Å². The minimum absolute atomic E-state index is 0.0693. The van der Waals surface area contributed by atoms with Crippen LogP contribution in [-0.4, -0.2) is 36.2 Å². The van der Waals surface area contributed by atoms with E-state index >= 15 is 0 Å². The van der Waals surface area contributed by atoms with Gasteiger partial charge in [0, 0.05) is 23.7 Å². The summed E-state index contributed by atoms with van der Waals surface area (Å²) in [5, 5.41) is 2.95. The summed E-state index contributed by atoms with van der Waals surface area (Å²) in [4.78, 5) is 15.3. The number of nitrogens with one attached hydrogen (secondary N) is 1. The van der Waals surface area contributed by atoms with Crippen LogP contribution in [0, 0.1) is 0 Å². The van der Waals surface area contributed by atoms with E-state index in [-0.39, 0.29) is 18.2 Å². The number of thioether (sulfide) groups is 1. The van der Waals surface area contributed by atoms with Crippen LogP contribution in [0.5, 0.6) is 0 Å². The SMILES string of the molecule is C[C@@H]1CN(C(=O)Nc2ccc(SCc3ccco3)cc2)C[C@H](C)O1. The number of ether oxygens (including phenoxy) is 1. The van der Waals surface area contributed by atoms with Crippen molar-refractivity contribution in [3.8, 4) is 0 Å². The minimum atomic E-state index is -0.0759. The highest BCUT2D eigenvalue weighted by molar-refractivity contribution is 7.98. The number of hydrogen-bond acceptors (Lipinski definition) is 4. The van der Waals surface area contributed by atoms with Gasteiger partial charge in [0.1, 0.15) is 5.76 Å². The maximum atomic E-state index is 12.4. The molecule has 1 aromatic carbocycles. The average molecular weight is 346 g/mol. The Morgan fingerprint density at radius 1 is 1.21 bits per heavy atom. The van der Waals surface area contributed by atoms with E-state index in [1.54, 1.807) is 22.9 Å². The van der Waals surface area contributed by atoms with Crippen molar-refractivity contribution in [2.45, 2.75) is 36.7 Å². The molecule has 1 aromatic heterocycles. The van der Waals surface area contributed by atoms with Crippen LogP contribution in [0.4, 0.5) is 10.5 Å². The fourth-order valence-electron chi connectivity index (χ4n) is 2.73. The normalized spacial score (nSPS) is 20.8. The summed E-state index contributed by atoms with van der Waals surface area (Å²) in [6, 6.07) is 11.6. The molecule has 2 atom stereocenters. The summed E-state index contributed by atoms with van der Waals surface area (Å²) >= 11 is 1.70. The third-order valence-electron chi connectivity index (χ3n) is 3.77. The molecule has 3 rings (SSSR count). The number of benzene rings is 1. The molecule has 0 spiro atoms. The lowest BCUT2D eigenvalue weighted by molar-refractivity contribution is -0.0530. The third-order valence-corrected chi connectivity index (χ3v) is 4.81. The Balaban J connectivity index is 1.52. The van der Waals surface area contributed by atoms with Crippen molar-refractivity contribution in [1.82, 2.24) is 4.90 Å². The van der Waals surface area contributed by atoms with E-state index < -0.39 is 0 Å². The molecule has 0 aliphatic carbocycles. The molecule has 1 saturated heterocycles. The maximum absolute atomic E-state index is 12.4. The highest BCUT2D eigenvalue weighted by Crippen LogP contribution is 2.24. The predicted molar refractivity (Wildman–Crippen MR) is 95.3 cm³/mol. The highest BCUT2D eigenvalue weighted by Gasteiger charge is 2.25. The number of carbonyl (C=O) groups excluding carboxylic acids is 1. The lowest BCUT2D eigenvalue weighted by atomic mass is 10.2. The third kappa shape index (κ3) is 4.55. The standard InChI is InChI=1S/C18H22N2O3S/c1-13-10-20(11-14(2)23-13)18(21)19-15-5-7-17(8-6-15)24-12-16-4-3-9-22-16/h3-9,13-14H,10-12H2,1-2H3,(H,19,21)/t13-,14+. The van der Waals surface area contributed by atoms with Crippen LogP contribution in [0.2, 0.25) is 0 Å². The zero-order valence-electron chi connectivity index (χ0n) is 13.9. The molecule has 0 saturated carbocycles. The molecule has 2 amide bonds. The van der Waals surface area contributed by atoms with Gasteiger partial charge in [-0.15, -0.1) is 11.8 Å². The quantitative estimate of drug-likeness (QED) is 0.843. The van der Waals surface area contributed by atoms with Gasteiger partial charge in [0.2, 0.25) is 0 Å². The first-order valence-electron chi connectivity index (χ1n) is 8.07. The monoisotopic (exact) mass is 346 g/mol. The van der Waals surface area contributed by atoms with Crippen LogP contribution in [-0.2, 0) is 10.5 Å². The van der Waals surface area contributed by atoms with Crippen LogP contribution < -0.4 is 5.32 Å². The first-order chi connectivity index (χ1) is 11.6. The molecule has 2 heterocycles. The summed E-state index contributed by atoms with van der Waals surface area (Å²) in [6.45, 7) is 5.21. The molecule has 2 aromatic rings. The van der Waals surface area contributed by atoms with E-state index in [9.17, 15) is 4.79 Å². The molecule has 6 heteroatoms. The topological polar surface area (TPSA) is 54.7 Å². The van der Waals surface area contributed by atoms with E-state index in [4.69, 9.17) is 9.15 Å². The van der Waals surface area contributed by atoms with Crippen molar-refractivity contribution >= 4 is 23.5 Å². The van der Waals surface area contributed by atoms with Crippen LogP contribution in [0.25, 0.3) is 0 Å². The lowest BCUT2D eigenvalue weighted by Crippen LogP contribution is -2.49. The predicted octanol–water partition coefficient (Wildman–Crippen LogP) is 4.21. The second-order valence-electron chi connectivity index (χ2n) is 5.98. The van der Waals surface area contributed by atoms with Crippen molar-refractivity contribution in [1.29, 1.82) is 0 Å². The highest BCUT2D eigenvalue weighted by atomic mass is 32.2. The Labute approximate surface area is 146 Å². The molecule has 0 bridgehead atoms. The Bertz CT molecular complexity index is 647. The molecule has 5 nitrogen and oxygen atoms in total. The Morgan fingerprint density at radius 2 is 1.92 bits per heavy atom. The molecule has 0 radical (unpaired) electrons. The second-order valence-corrected chi connectivity index (χ2v) is 7.03. The van der Waals surface area contributed by atoms with Crippen molar-refractivity contribution < 1.29 is 13.9 Å². The molecule has 24 heavy (non-hydrogen) atoms. The number of nitrogens with zero attached hydrogens (tertiary/aromatic N) is 1. The van der Waals surface area contributed by atoms with Crippen LogP contribution in [0.1, 0.15) is 19.6 Å². The zero-order chi connectivity index (χ0) is 16.9. The summed E-state index contributed by atoms with van der Waals surface area (Å²) in [7, 11) is 0. The van der Waals surface area contributed by atoms with Gasteiger partial charge in [0.05, 0.1) is 24.2 Å². The smallest absolute Gasteiger partial charge is 0.322 e. The van der Waals surface area contributed by atoms with Gasteiger partial charge in [-0.2, -0.15) is 0 Å². The van der Waals surface area contributed by atoms with E-state index in [0.29, 0.717) is 13.1 Å². The van der Waals surface area contributed by atoms with Gasteiger partial charge in [-0.25, -0.2) is 4.79 Å². The van der Waals surface area contributed by atoms with Crippen molar-refractivity contribution in [3.63, 3.8) is 0 Å². The van der Waals surface area contributed by atoms with Crippen molar-refractivity contribution in [2.24, 2.45) is 0 Å². The number of amides is 2. The Kier molecular flexibility index (Phi) is 5.48. The molecule has 1 aliphatic heterocycles. The number of anilines is 1. The number of urea groups is 1. The second kappa shape index (κ2) is 7.77. The molecule has 0 unspecified atom stereocenters. The van der Waals surface area contributed by atoms with Crippen molar-refractivity contribution in [2.75, 3.05) is 18.4 Å². The van der Waals surface area contributed by atoms with Crippen molar-refractivity contribution in [3.05, 3.63) is 48.4 Å². The number of hydrogen-bond donors (Lipinski definition) is 1. The van der Waals surface area contributed by atoms with E-state index in [2.05, 4.69) is 5.32 Å². The van der Waals surface area contributed by atoms with Crippen LogP contribution >= 0.6 is 11.8 Å². The van der Waals surface area contributed by atoms with E-state index in [1.165, 1.54) is 0 Å². The summed E-state index contributed by atoms with van der Waals surface area (Å²) in [5.41, 5.74) is 0.800. The van der Waals surface area contributed by atoms with Gasteiger partial charge >= 0.3 is 6.03 Å². The summed E-state index contributed by atoms with van der Waals surface area (Å²) < 4.78 is 11.0. The van der Waals surface area contributed by atoms with Gasteiger partial charge in [-0.3, -0.25) is 0 Å². The number of rotatable bonds is 4. The summed E-state index contributed by atoms with van der Waals surface area (Å²) in [6.07, 6.45) is 1.82. The Morgan fingerprint density at radius 3 is 2.54 bits per heavy atom. The minimum Gasteiger partial charge on any atom is -0.468 e. The Hall–Kier alpha value is -1.92. The zero-order valence-corrected chi connectivity index (χ0v) is 14.7. The number of carbonyl (C=O) groups is 1. The molecule has 1 fully saturated rings. The average Bonchev–Trinajstić information content (AvgIpc) is 3.07. The van der Waals surface area contributed by atoms with Crippen LogP contribution in [0.3, 0.4) is 0 Å². The fourth-order valence-corrected chi connectivity index (χ4v) is 3.53. The molecular formula is C18H22N2O3S. The largest absolute Gasteiger partial charge is 0.468 e. The summed E-state index contributed by atoms with van der Waals surface area (Å²) in [5.74, 6) is 1.75. The van der Waals surface area contributed by atoms with Gasteiger partial charge in [0.25, 0.3) is 0 Å². The number of morpholine rings is 1. The van der Waals surface area contributed by atoms with E-state index in [0.717, 1.165) is 22.1 Å².